The highest BCUT2D eigenvalue weighted by Crippen LogP contribution is 2.28. The molecule has 0 aliphatic rings. The van der Waals surface area contributed by atoms with Gasteiger partial charge in [0.15, 0.2) is 0 Å². The number of aliphatic hydroxyl groups excluding tert-OH is 1. The summed E-state index contributed by atoms with van der Waals surface area (Å²) < 4.78 is 5.29. The molecular formula is C28H39N3O3. The Morgan fingerprint density at radius 2 is 1.79 bits per heavy atom. The normalized spacial score (nSPS) is 14.6. The van der Waals surface area contributed by atoms with Crippen LogP contribution in [-0.4, -0.2) is 32.9 Å². The van der Waals surface area contributed by atoms with Gasteiger partial charge in [0.05, 0.1) is 11.8 Å². The fourth-order valence-corrected chi connectivity index (χ4v) is 3.69. The molecule has 0 saturated heterocycles. The van der Waals surface area contributed by atoms with E-state index in [1.807, 2.05) is 39.8 Å². The SMILES string of the molecule is C\C=C(/C(C)=C\C(=C(/C)CC)C(O)CCC)c1cc2cnc(NC(=O)OC(C)(C)C)cc2cn1. The molecule has 0 aliphatic heterocycles. The molecule has 0 bridgehead atoms. The number of allylic oxidation sites excluding steroid dienone is 4. The van der Waals surface area contributed by atoms with Crippen LogP contribution in [0.1, 0.15) is 80.3 Å². The number of carbonyl (C=O) groups excluding carboxylic acids is 1. The fourth-order valence-electron chi connectivity index (χ4n) is 3.69. The number of ether oxygens (including phenoxy) is 1. The van der Waals surface area contributed by atoms with Crippen LogP contribution in [-0.2, 0) is 4.74 Å². The van der Waals surface area contributed by atoms with E-state index in [-0.39, 0.29) is 0 Å². The lowest BCUT2D eigenvalue weighted by atomic mass is 9.93. The zero-order chi connectivity index (χ0) is 25.5. The Hall–Kier alpha value is -2.99. The lowest BCUT2D eigenvalue weighted by Gasteiger charge is -2.19. The van der Waals surface area contributed by atoms with Crippen LogP contribution in [0, 0.1) is 0 Å². The summed E-state index contributed by atoms with van der Waals surface area (Å²) >= 11 is 0. The van der Waals surface area contributed by atoms with Crippen LogP contribution in [0.25, 0.3) is 16.3 Å². The van der Waals surface area contributed by atoms with Gasteiger partial charge in [0, 0.05) is 23.2 Å². The third-order valence-electron chi connectivity index (χ3n) is 5.54. The molecule has 2 heterocycles. The largest absolute Gasteiger partial charge is 0.444 e. The lowest BCUT2D eigenvalue weighted by molar-refractivity contribution is 0.0635. The van der Waals surface area contributed by atoms with Gasteiger partial charge in [0.1, 0.15) is 11.4 Å². The third-order valence-corrected chi connectivity index (χ3v) is 5.54. The molecule has 2 N–H and O–H groups in total. The molecule has 6 heteroatoms. The topological polar surface area (TPSA) is 84.3 Å². The van der Waals surface area contributed by atoms with Crippen molar-refractivity contribution in [3.8, 4) is 0 Å². The van der Waals surface area contributed by atoms with Crippen LogP contribution in [0.3, 0.4) is 0 Å². The average molecular weight is 466 g/mol. The van der Waals surface area contributed by atoms with Gasteiger partial charge in [-0.3, -0.25) is 10.3 Å². The van der Waals surface area contributed by atoms with Gasteiger partial charge in [-0.2, -0.15) is 0 Å². The molecule has 34 heavy (non-hydrogen) atoms. The first-order chi connectivity index (χ1) is 16.0. The van der Waals surface area contributed by atoms with Gasteiger partial charge in [0.25, 0.3) is 0 Å². The number of nitrogens with one attached hydrogen (secondary N) is 1. The fraction of sp³-hybridized carbons (Fsp3) is 0.464. The number of carbonyl (C=O) groups is 1. The first kappa shape index (κ1) is 27.3. The highest BCUT2D eigenvalue weighted by Gasteiger charge is 2.17. The summed E-state index contributed by atoms with van der Waals surface area (Å²) in [4.78, 5) is 21.1. The smallest absolute Gasteiger partial charge is 0.413 e. The summed E-state index contributed by atoms with van der Waals surface area (Å²) in [7, 11) is 0. The number of amides is 1. The Morgan fingerprint density at radius 1 is 1.15 bits per heavy atom. The minimum absolute atomic E-state index is 0.411. The minimum atomic E-state index is -0.580. The van der Waals surface area contributed by atoms with Crippen molar-refractivity contribution in [3.05, 3.63) is 59.1 Å². The maximum absolute atomic E-state index is 12.0. The predicted molar refractivity (Wildman–Crippen MR) is 141 cm³/mol. The molecule has 1 atom stereocenters. The third kappa shape index (κ3) is 7.52. The van der Waals surface area contributed by atoms with Crippen molar-refractivity contribution in [1.82, 2.24) is 9.97 Å². The van der Waals surface area contributed by atoms with Crippen molar-refractivity contribution in [2.45, 2.75) is 86.4 Å². The average Bonchev–Trinajstić information content (AvgIpc) is 2.76. The van der Waals surface area contributed by atoms with Crippen molar-refractivity contribution in [3.63, 3.8) is 0 Å². The number of hydrogen-bond acceptors (Lipinski definition) is 5. The van der Waals surface area contributed by atoms with Crippen molar-refractivity contribution in [2.75, 3.05) is 5.32 Å². The summed E-state index contributed by atoms with van der Waals surface area (Å²) in [6, 6.07) is 3.77. The molecule has 0 fully saturated rings. The van der Waals surface area contributed by atoms with Crippen LogP contribution < -0.4 is 5.32 Å². The van der Waals surface area contributed by atoms with E-state index in [0.717, 1.165) is 52.4 Å². The highest BCUT2D eigenvalue weighted by molar-refractivity contribution is 5.91. The summed E-state index contributed by atoms with van der Waals surface area (Å²) in [6.45, 7) is 15.7. The Morgan fingerprint density at radius 3 is 2.38 bits per heavy atom. The minimum Gasteiger partial charge on any atom is -0.444 e. The van der Waals surface area contributed by atoms with E-state index in [9.17, 15) is 9.90 Å². The van der Waals surface area contributed by atoms with Crippen molar-refractivity contribution in [2.24, 2.45) is 0 Å². The first-order valence-electron chi connectivity index (χ1n) is 12.0. The molecule has 0 radical (unpaired) electrons. The molecule has 0 aromatic carbocycles. The quantitative estimate of drug-likeness (QED) is 0.402. The van der Waals surface area contributed by atoms with Crippen molar-refractivity contribution >= 4 is 28.3 Å². The number of rotatable bonds is 8. The molecule has 2 rings (SSSR count). The van der Waals surface area contributed by atoms with E-state index in [1.165, 1.54) is 5.57 Å². The molecule has 0 spiro atoms. The van der Waals surface area contributed by atoms with E-state index >= 15 is 0 Å². The Bertz CT molecular complexity index is 1110. The lowest BCUT2D eigenvalue weighted by Crippen LogP contribution is -2.27. The van der Waals surface area contributed by atoms with Crippen LogP contribution in [0.2, 0.25) is 0 Å². The van der Waals surface area contributed by atoms with Gasteiger partial charge in [-0.15, -0.1) is 0 Å². The Balaban J connectivity index is 2.35. The van der Waals surface area contributed by atoms with Crippen LogP contribution in [0.15, 0.2) is 53.4 Å². The molecule has 2 aromatic rings. The number of hydrogen-bond donors (Lipinski definition) is 2. The van der Waals surface area contributed by atoms with E-state index in [2.05, 4.69) is 49.1 Å². The van der Waals surface area contributed by atoms with E-state index in [1.54, 1.807) is 18.5 Å². The number of fused-ring (bicyclic) bond motifs is 1. The molecular weight excluding hydrogens is 426 g/mol. The van der Waals surface area contributed by atoms with Gasteiger partial charge < -0.3 is 9.84 Å². The van der Waals surface area contributed by atoms with E-state index < -0.39 is 17.8 Å². The summed E-state index contributed by atoms with van der Waals surface area (Å²) in [5.41, 5.74) is 4.48. The first-order valence-corrected chi connectivity index (χ1v) is 12.0. The van der Waals surface area contributed by atoms with Gasteiger partial charge in [0.2, 0.25) is 0 Å². The molecule has 0 saturated carbocycles. The molecule has 1 amide bonds. The number of anilines is 1. The van der Waals surface area contributed by atoms with Gasteiger partial charge in [-0.25, -0.2) is 9.78 Å². The molecule has 1 unspecified atom stereocenters. The molecule has 2 aromatic heterocycles. The second-order valence-electron chi connectivity index (χ2n) is 9.54. The number of aromatic nitrogens is 2. The standard InChI is InChI=1S/C28H39N3O3/c1-9-12-25(32)23(18(4)10-2)13-19(5)22(11-3)24-14-20-17-30-26(15-21(20)16-29-24)31-27(33)34-28(6,7)8/h11,13-17,25,32H,9-10,12H2,1-8H3,(H,30,31,33)/b19-13-,22-11+,23-18-. The van der Waals surface area contributed by atoms with Gasteiger partial charge >= 0.3 is 6.09 Å². The monoisotopic (exact) mass is 465 g/mol. The van der Waals surface area contributed by atoms with Crippen LogP contribution >= 0.6 is 0 Å². The van der Waals surface area contributed by atoms with Crippen molar-refractivity contribution < 1.29 is 14.6 Å². The number of pyridine rings is 2. The van der Waals surface area contributed by atoms with E-state index in [0.29, 0.717) is 5.82 Å². The maximum atomic E-state index is 12.0. The predicted octanol–water partition coefficient (Wildman–Crippen LogP) is 7.21. The zero-order valence-electron chi connectivity index (χ0n) is 21.8. The number of nitrogens with zero attached hydrogens (tertiary/aromatic N) is 2. The van der Waals surface area contributed by atoms with Crippen LogP contribution in [0.4, 0.5) is 10.6 Å². The van der Waals surface area contributed by atoms with Gasteiger partial charge in [-0.05, 0) is 83.2 Å². The summed E-state index contributed by atoms with van der Waals surface area (Å²) in [5, 5.41) is 15.1. The Labute approximate surface area is 203 Å². The summed E-state index contributed by atoms with van der Waals surface area (Å²) in [6.07, 6.45) is 9.17. The summed E-state index contributed by atoms with van der Waals surface area (Å²) in [5.74, 6) is 0.411. The molecule has 0 aliphatic carbocycles. The second kappa shape index (κ2) is 11.9. The number of aliphatic hydroxyl groups is 1. The second-order valence-corrected chi connectivity index (χ2v) is 9.54. The van der Waals surface area contributed by atoms with Crippen molar-refractivity contribution in [1.29, 1.82) is 0 Å². The zero-order valence-corrected chi connectivity index (χ0v) is 21.8. The highest BCUT2D eigenvalue weighted by atomic mass is 16.6. The van der Waals surface area contributed by atoms with Crippen LogP contribution in [0.5, 0.6) is 0 Å². The van der Waals surface area contributed by atoms with E-state index in [4.69, 9.17) is 4.74 Å². The van der Waals surface area contributed by atoms with Gasteiger partial charge in [-0.1, -0.05) is 38.0 Å². The molecule has 6 nitrogen and oxygen atoms in total. The molecule has 184 valence electrons. The maximum Gasteiger partial charge on any atom is 0.413 e. The Kier molecular flexibility index (Phi) is 9.56.